The van der Waals surface area contributed by atoms with Crippen LogP contribution in [0.4, 0.5) is 16.4 Å². The van der Waals surface area contributed by atoms with Crippen LogP contribution in [0.2, 0.25) is 0 Å². The molecule has 1 aromatic heterocycles. The zero-order valence-corrected chi connectivity index (χ0v) is 16.7. The molecule has 2 aromatic rings. The molecule has 0 aliphatic carbocycles. The van der Waals surface area contributed by atoms with Gasteiger partial charge in [-0.3, -0.25) is 4.79 Å². The third-order valence-electron chi connectivity index (χ3n) is 3.44. The molecule has 0 saturated heterocycles. The first kappa shape index (κ1) is 21.7. The van der Waals surface area contributed by atoms with E-state index in [1.807, 2.05) is 0 Å². The molecule has 0 atom stereocenters. The third-order valence-corrected chi connectivity index (χ3v) is 4.74. The maximum atomic E-state index is 12.9. The minimum atomic E-state index is -4.66. The Labute approximate surface area is 167 Å². The molecule has 0 radical (unpaired) electrons. The van der Waals surface area contributed by atoms with Gasteiger partial charge in [0, 0.05) is 6.54 Å². The fourth-order valence-corrected chi connectivity index (χ4v) is 3.37. The van der Waals surface area contributed by atoms with Gasteiger partial charge in [0.15, 0.2) is 0 Å². The van der Waals surface area contributed by atoms with Crippen LogP contribution >= 0.6 is 0 Å². The summed E-state index contributed by atoms with van der Waals surface area (Å²) in [4.78, 5) is 31.8. The zero-order chi connectivity index (χ0) is 21.6. The first-order valence-corrected chi connectivity index (χ1v) is 9.64. The fourth-order valence-electron chi connectivity index (χ4n) is 2.31. The highest BCUT2D eigenvalue weighted by atomic mass is 32.2. The predicted octanol–water partition coefficient (Wildman–Crippen LogP) is 0.295. The Kier molecular flexibility index (Phi) is 6.77. The SMILES string of the molecule is CCNC(=O)c1ccccc1N(c1nc(OC)cc(OC)n1)S(=O)(=O)NC(N)=O. The summed E-state index contributed by atoms with van der Waals surface area (Å²) in [7, 11) is -2.03. The summed E-state index contributed by atoms with van der Waals surface area (Å²) >= 11 is 0. The molecule has 0 saturated carbocycles. The van der Waals surface area contributed by atoms with Gasteiger partial charge in [-0.05, 0) is 19.1 Å². The van der Waals surface area contributed by atoms with Gasteiger partial charge < -0.3 is 20.5 Å². The Balaban J connectivity index is 2.79. The summed E-state index contributed by atoms with van der Waals surface area (Å²) in [5.41, 5.74) is 4.88. The molecule has 156 valence electrons. The molecular formula is C16H20N6O6S. The van der Waals surface area contributed by atoms with Crippen molar-refractivity contribution in [2.45, 2.75) is 6.92 Å². The van der Waals surface area contributed by atoms with E-state index in [2.05, 4.69) is 15.3 Å². The van der Waals surface area contributed by atoms with Crippen molar-refractivity contribution in [3.05, 3.63) is 35.9 Å². The number of nitrogens with two attached hydrogens (primary N) is 1. The van der Waals surface area contributed by atoms with E-state index >= 15 is 0 Å². The lowest BCUT2D eigenvalue weighted by atomic mass is 10.1. The smallest absolute Gasteiger partial charge is 0.334 e. The van der Waals surface area contributed by atoms with Crippen molar-refractivity contribution >= 4 is 33.8 Å². The molecule has 0 aliphatic heterocycles. The number of methoxy groups -OCH3 is 2. The largest absolute Gasteiger partial charge is 0.481 e. The van der Waals surface area contributed by atoms with Gasteiger partial charge in [0.05, 0.1) is 31.5 Å². The van der Waals surface area contributed by atoms with E-state index in [-0.39, 0.29) is 23.0 Å². The summed E-state index contributed by atoms with van der Waals surface area (Å²) in [5.74, 6) is -1.01. The van der Waals surface area contributed by atoms with Gasteiger partial charge in [0.1, 0.15) is 0 Å². The standard InChI is InChI=1S/C16H20N6O6S/c1-4-18-14(23)10-7-5-6-8-11(10)22(29(25,26)21-15(17)24)16-19-12(27-2)9-13(20-16)28-3/h5-9H,4H2,1-3H3,(H,18,23)(H3,17,21,24). The molecular weight excluding hydrogens is 404 g/mol. The van der Waals surface area contributed by atoms with Crippen LogP contribution in [0.3, 0.4) is 0 Å². The number of hydrogen-bond acceptors (Lipinski definition) is 8. The molecule has 0 bridgehead atoms. The molecule has 1 aromatic carbocycles. The molecule has 0 unspecified atom stereocenters. The van der Waals surface area contributed by atoms with Crippen LogP contribution in [0.1, 0.15) is 17.3 Å². The molecule has 12 nitrogen and oxygen atoms in total. The Bertz CT molecular complexity index is 990. The molecule has 2 rings (SSSR count). The highest BCUT2D eigenvalue weighted by Crippen LogP contribution is 2.31. The number of primary amides is 1. The third kappa shape index (κ3) is 5.01. The van der Waals surface area contributed by atoms with Gasteiger partial charge in [0.2, 0.25) is 11.8 Å². The Morgan fingerprint density at radius 2 is 1.72 bits per heavy atom. The molecule has 0 fully saturated rings. The number of anilines is 2. The number of nitrogens with one attached hydrogen (secondary N) is 2. The lowest BCUT2D eigenvalue weighted by molar-refractivity contribution is 0.0956. The van der Waals surface area contributed by atoms with Crippen molar-refractivity contribution in [2.24, 2.45) is 5.73 Å². The van der Waals surface area contributed by atoms with Crippen LogP contribution in [0.5, 0.6) is 11.8 Å². The normalized spacial score (nSPS) is 10.7. The van der Waals surface area contributed by atoms with Gasteiger partial charge in [0.25, 0.3) is 11.9 Å². The first-order valence-electron chi connectivity index (χ1n) is 8.20. The number of rotatable bonds is 8. The molecule has 13 heteroatoms. The van der Waals surface area contributed by atoms with Crippen molar-refractivity contribution in [1.29, 1.82) is 0 Å². The lowest BCUT2D eigenvalue weighted by Gasteiger charge is -2.24. The summed E-state index contributed by atoms with van der Waals surface area (Å²) in [6.45, 7) is 2.02. The van der Waals surface area contributed by atoms with Gasteiger partial charge in [-0.1, -0.05) is 12.1 Å². The van der Waals surface area contributed by atoms with E-state index in [0.29, 0.717) is 10.8 Å². The Hall–Kier alpha value is -3.61. The van der Waals surface area contributed by atoms with Crippen molar-refractivity contribution in [3.63, 3.8) is 0 Å². The number of ether oxygens (including phenoxy) is 2. The average Bonchev–Trinajstić information content (AvgIpc) is 2.67. The summed E-state index contributed by atoms with van der Waals surface area (Å²) in [6.07, 6.45) is 0. The molecule has 0 spiro atoms. The maximum absolute atomic E-state index is 12.9. The fraction of sp³-hybridized carbons (Fsp3) is 0.250. The van der Waals surface area contributed by atoms with E-state index in [1.54, 1.807) is 17.7 Å². The number of amides is 3. The summed E-state index contributed by atoms with van der Waals surface area (Å²) in [6, 6.07) is 5.80. The van der Waals surface area contributed by atoms with Gasteiger partial charge >= 0.3 is 16.2 Å². The highest BCUT2D eigenvalue weighted by molar-refractivity contribution is 7.91. The minimum Gasteiger partial charge on any atom is -0.481 e. The minimum absolute atomic E-state index is 0.00502. The Morgan fingerprint density at radius 3 is 2.24 bits per heavy atom. The number of benzene rings is 1. The summed E-state index contributed by atoms with van der Waals surface area (Å²) < 4.78 is 38.1. The highest BCUT2D eigenvalue weighted by Gasteiger charge is 2.32. The molecule has 1 heterocycles. The molecule has 29 heavy (non-hydrogen) atoms. The quantitative estimate of drug-likeness (QED) is 0.544. The van der Waals surface area contributed by atoms with Crippen molar-refractivity contribution in [3.8, 4) is 11.8 Å². The van der Waals surface area contributed by atoms with E-state index in [0.717, 1.165) is 0 Å². The van der Waals surface area contributed by atoms with Crippen molar-refractivity contribution < 1.29 is 27.5 Å². The van der Waals surface area contributed by atoms with Crippen LogP contribution in [-0.2, 0) is 10.2 Å². The van der Waals surface area contributed by atoms with Gasteiger partial charge in [-0.15, -0.1) is 0 Å². The number of carbonyl (C=O) groups excluding carboxylic acids is 2. The van der Waals surface area contributed by atoms with Crippen LogP contribution in [0, 0.1) is 0 Å². The van der Waals surface area contributed by atoms with E-state index < -0.39 is 28.1 Å². The Morgan fingerprint density at radius 1 is 1.14 bits per heavy atom. The van der Waals surface area contributed by atoms with Crippen molar-refractivity contribution in [1.82, 2.24) is 20.0 Å². The zero-order valence-electron chi connectivity index (χ0n) is 15.9. The van der Waals surface area contributed by atoms with E-state index in [9.17, 15) is 18.0 Å². The number of para-hydroxylation sites is 1. The topological polar surface area (TPSA) is 166 Å². The van der Waals surface area contributed by atoms with E-state index in [1.165, 1.54) is 38.5 Å². The molecule has 3 amide bonds. The van der Waals surface area contributed by atoms with Crippen LogP contribution in [0.15, 0.2) is 30.3 Å². The molecule has 4 N–H and O–H groups in total. The number of hydrogen-bond donors (Lipinski definition) is 3. The first-order chi connectivity index (χ1) is 13.7. The predicted molar refractivity (Wildman–Crippen MR) is 103 cm³/mol. The second kappa shape index (κ2) is 9.05. The molecule has 0 aliphatic rings. The average molecular weight is 424 g/mol. The van der Waals surface area contributed by atoms with E-state index in [4.69, 9.17) is 15.2 Å². The number of urea groups is 1. The number of aromatic nitrogens is 2. The maximum Gasteiger partial charge on any atom is 0.334 e. The second-order valence-corrected chi connectivity index (χ2v) is 6.88. The summed E-state index contributed by atoms with van der Waals surface area (Å²) in [5, 5.41) is 2.58. The van der Waals surface area contributed by atoms with Crippen molar-refractivity contribution in [2.75, 3.05) is 25.1 Å². The number of nitrogens with zero attached hydrogens (tertiary/aromatic N) is 3. The van der Waals surface area contributed by atoms with Gasteiger partial charge in [-0.2, -0.15) is 22.7 Å². The monoisotopic (exact) mass is 424 g/mol. The van der Waals surface area contributed by atoms with Crippen LogP contribution in [-0.4, -0.2) is 51.1 Å². The van der Waals surface area contributed by atoms with Gasteiger partial charge in [-0.25, -0.2) is 9.52 Å². The van der Waals surface area contributed by atoms with Crippen LogP contribution in [0.25, 0.3) is 0 Å². The lowest BCUT2D eigenvalue weighted by Crippen LogP contribution is -2.45. The second-order valence-electron chi connectivity index (χ2n) is 5.37. The number of carbonyl (C=O) groups is 2. The van der Waals surface area contributed by atoms with Crippen LogP contribution < -0.4 is 29.6 Å².